The molecule has 0 aromatic rings. The smallest absolute Gasteiger partial charge is 0.410 e. The molecule has 0 radical (unpaired) electrons. The molecule has 0 aromatic heterocycles. The summed E-state index contributed by atoms with van der Waals surface area (Å²) in [4.78, 5) is 23.6. The van der Waals surface area contributed by atoms with Crippen molar-refractivity contribution in [1.29, 1.82) is 0 Å². The quantitative estimate of drug-likeness (QED) is 0.739. The van der Waals surface area contributed by atoms with Gasteiger partial charge in [0, 0.05) is 19.5 Å². The fourth-order valence-electron chi connectivity index (χ4n) is 1.87. The van der Waals surface area contributed by atoms with Gasteiger partial charge < -0.3 is 14.7 Å². The maximum atomic E-state index is 11.5. The third-order valence-electron chi connectivity index (χ3n) is 2.57. The number of aliphatic carboxylic acids is 1. The van der Waals surface area contributed by atoms with E-state index in [1.807, 2.05) is 0 Å². The van der Waals surface area contributed by atoms with Crippen LogP contribution < -0.4 is 0 Å². The summed E-state index contributed by atoms with van der Waals surface area (Å²) < 4.78 is 4.91. The molecule has 1 heterocycles. The van der Waals surface area contributed by atoms with E-state index in [4.69, 9.17) is 9.84 Å². The summed E-state index contributed by atoms with van der Waals surface area (Å²) in [6.45, 7) is 4.77. The van der Waals surface area contributed by atoms with Gasteiger partial charge in [-0.2, -0.15) is 0 Å². The van der Waals surface area contributed by atoms with Gasteiger partial charge in [-0.1, -0.05) is 12.7 Å². The molecule has 16 heavy (non-hydrogen) atoms. The number of nitrogens with zero attached hydrogens (tertiary/aromatic N) is 1. The lowest BCUT2D eigenvalue weighted by atomic mass is 9.95. The van der Waals surface area contributed by atoms with Gasteiger partial charge >= 0.3 is 12.1 Å². The normalized spacial score (nSPS) is 20.2. The number of hydrogen-bond acceptors (Lipinski definition) is 3. The molecule has 0 aromatic carbocycles. The molecule has 1 rings (SSSR count). The van der Waals surface area contributed by atoms with Crippen molar-refractivity contribution in [2.24, 2.45) is 5.92 Å². The van der Waals surface area contributed by atoms with Gasteiger partial charge in [0.25, 0.3) is 0 Å². The van der Waals surface area contributed by atoms with Gasteiger partial charge in [0.1, 0.15) is 6.61 Å². The van der Waals surface area contributed by atoms with Crippen LogP contribution >= 0.6 is 0 Å². The Labute approximate surface area is 94.7 Å². The molecule has 1 N–H and O–H groups in total. The molecule has 1 saturated heterocycles. The summed E-state index contributed by atoms with van der Waals surface area (Å²) in [5, 5.41) is 8.68. The lowest BCUT2D eigenvalue weighted by Gasteiger charge is -2.31. The van der Waals surface area contributed by atoms with Crippen molar-refractivity contribution in [2.75, 3.05) is 19.7 Å². The highest BCUT2D eigenvalue weighted by atomic mass is 16.6. The Morgan fingerprint density at radius 2 is 2.31 bits per heavy atom. The summed E-state index contributed by atoms with van der Waals surface area (Å²) in [6, 6.07) is 0. The van der Waals surface area contributed by atoms with Gasteiger partial charge in [0.2, 0.25) is 0 Å². The highest BCUT2D eigenvalue weighted by Gasteiger charge is 2.25. The van der Waals surface area contributed by atoms with Crippen LogP contribution in [0.4, 0.5) is 4.79 Å². The monoisotopic (exact) mass is 227 g/mol. The summed E-state index contributed by atoms with van der Waals surface area (Å²) >= 11 is 0. The van der Waals surface area contributed by atoms with E-state index >= 15 is 0 Å². The number of carboxylic acids is 1. The van der Waals surface area contributed by atoms with Crippen LogP contribution in [-0.2, 0) is 9.53 Å². The van der Waals surface area contributed by atoms with E-state index in [2.05, 4.69) is 6.58 Å². The minimum atomic E-state index is -0.814. The second-order valence-electron chi connectivity index (χ2n) is 3.92. The van der Waals surface area contributed by atoms with Gasteiger partial charge in [-0.25, -0.2) is 4.79 Å². The topological polar surface area (TPSA) is 66.8 Å². The van der Waals surface area contributed by atoms with Crippen LogP contribution in [0.25, 0.3) is 0 Å². The predicted octanol–water partition coefficient (Wildman–Crippen LogP) is 1.50. The molecule has 5 heteroatoms. The molecule has 5 nitrogen and oxygen atoms in total. The summed E-state index contributed by atoms with van der Waals surface area (Å²) in [6.07, 6.45) is 2.94. The van der Waals surface area contributed by atoms with E-state index in [0.717, 1.165) is 12.8 Å². The van der Waals surface area contributed by atoms with Gasteiger partial charge in [0.05, 0.1) is 0 Å². The van der Waals surface area contributed by atoms with E-state index in [1.165, 1.54) is 6.08 Å². The van der Waals surface area contributed by atoms with Crippen LogP contribution in [0, 0.1) is 5.92 Å². The Balaban J connectivity index is 2.40. The summed E-state index contributed by atoms with van der Waals surface area (Å²) in [7, 11) is 0. The number of carboxylic acid groups (broad SMARTS) is 1. The first kappa shape index (κ1) is 12.5. The molecule has 0 saturated carbocycles. The molecule has 0 aliphatic carbocycles. The standard InChI is InChI=1S/C11H17NO4/c1-2-6-16-11(15)12-5-3-4-9(8-12)7-10(13)14/h2,9H,1,3-8H2,(H,13,14)/t9-/m0/s1. The molecule has 0 bridgehead atoms. The van der Waals surface area contributed by atoms with Crippen molar-refractivity contribution < 1.29 is 19.4 Å². The van der Waals surface area contributed by atoms with Crippen LogP contribution in [0.2, 0.25) is 0 Å². The number of carbonyl (C=O) groups excluding carboxylic acids is 1. The van der Waals surface area contributed by atoms with Crippen molar-refractivity contribution in [3.05, 3.63) is 12.7 Å². The molecule has 1 amide bonds. The number of hydrogen-bond donors (Lipinski definition) is 1. The molecule has 1 aliphatic heterocycles. The SMILES string of the molecule is C=CCOC(=O)N1CCC[C@@H](CC(=O)O)C1. The van der Waals surface area contributed by atoms with Gasteiger partial charge in [-0.15, -0.1) is 0 Å². The minimum absolute atomic E-state index is 0.0440. The van der Waals surface area contributed by atoms with Crippen molar-refractivity contribution >= 4 is 12.1 Å². The minimum Gasteiger partial charge on any atom is -0.481 e. The molecule has 0 spiro atoms. The fourth-order valence-corrected chi connectivity index (χ4v) is 1.87. The van der Waals surface area contributed by atoms with Crippen LogP contribution in [0.15, 0.2) is 12.7 Å². The van der Waals surface area contributed by atoms with Gasteiger partial charge in [-0.3, -0.25) is 4.79 Å². The average molecular weight is 227 g/mol. The zero-order valence-electron chi connectivity index (χ0n) is 9.22. The molecular weight excluding hydrogens is 210 g/mol. The Morgan fingerprint density at radius 3 is 2.94 bits per heavy atom. The molecule has 1 atom stereocenters. The van der Waals surface area contributed by atoms with Gasteiger partial charge in [-0.05, 0) is 18.8 Å². The van der Waals surface area contributed by atoms with Crippen molar-refractivity contribution in [1.82, 2.24) is 4.90 Å². The van der Waals surface area contributed by atoms with Crippen LogP contribution in [-0.4, -0.2) is 41.8 Å². The number of carbonyl (C=O) groups is 2. The lowest BCUT2D eigenvalue weighted by molar-refractivity contribution is -0.138. The van der Waals surface area contributed by atoms with Crippen LogP contribution in [0.1, 0.15) is 19.3 Å². The number of likely N-dealkylation sites (tertiary alicyclic amines) is 1. The van der Waals surface area contributed by atoms with E-state index in [-0.39, 0.29) is 25.0 Å². The largest absolute Gasteiger partial charge is 0.481 e. The molecule has 1 aliphatic rings. The zero-order chi connectivity index (χ0) is 12.0. The third kappa shape index (κ3) is 3.92. The zero-order valence-corrected chi connectivity index (χ0v) is 9.22. The summed E-state index contributed by atoms with van der Waals surface area (Å²) in [5.41, 5.74) is 0. The Hall–Kier alpha value is -1.52. The van der Waals surface area contributed by atoms with Crippen molar-refractivity contribution in [3.8, 4) is 0 Å². The molecule has 90 valence electrons. The number of ether oxygens (including phenoxy) is 1. The van der Waals surface area contributed by atoms with E-state index in [0.29, 0.717) is 13.1 Å². The second kappa shape index (κ2) is 6.15. The maximum Gasteiger partial charge on any atom is 0.410 e. The Kier molecular flexibility index (Phi) is 4.82. The highest BCUT2D eigenvalue weighted by Crippen LogP contribution is 2.20. The first-order chi connectivity index (χ1) is 7.63. The lowest BCUT2D eigenvalue weighted by Crippen LogP contribution is -2.40. The first-order valence-electron chi connectivity index (χ1n) is 5.38. The highest BCUT2D eigenvalue weighted by molar-refractivity contribution is 5.69. The van der Waals surface area contributed by atoms with E-state index in [1.54, 1.807) is 4.90 Å². The maximum absolute atomic E-state index is 11.5. The number of amides is 1. The number of rotatable bonds is 4. The number of piperidine rings is 1. The van der Waals surface area contributed by atoms with E-state index < -0.39 is 5.97 Å². The summed E-state index contributed by atoms with van der Waals surface area (Å²) in [5.74, 6) is -0.770. The molecule has 0 unspecified atom stereocenters. The fraction of sp³-hybridized carbons (Fsp3) is 0.636. The molecule has 1 fully saturated rings. The molecular formula is C11H17NO4. The van der Waals surface area contributed by atoms with Crippen LogP contribution in [0.3, 0.4) is 0 Å². The average Bonchev–Trinajstić information content (AvgIpc) is 2.25. The second-order valence-corrected chi connectivity index (χ2v) is 3.92. The van der Waals surface area contributed by atoms with Gasteiger partial charge in [0.15, 0.2) is 0 Å². The van der Waals surface area contributed by atoms with Crippen molar-refractivity contribution in [2.45, 2.75) is 19.3 Å². The Bertz CT molecular complexity index is 277. The van der Waals surface area contributed by atoms with E-state index in [9.17, 15) is 9.59 Å². The third-order valence-corrected chi connectivity index (χ3v) is 2.57. The Morgan fingerprint density at radius 1 is 1.56 bits per heavy atom. The van der Waals surface area contributed by atoms with Crippen LogP contribution in [0.5, 0.6) is 0 Å². The van der Waals surface area contributed by atoms with Crippen molar-refractivity contribution in [3.63, 3.8) is 0 Å². The predicted molar refractivity (Wildman–Crippen MR) is 58.1 cm³/mol. The first-order valence-corrected chi connectivity index (χ1v) is 5.38.